The van der Waals surface area contributed by atoms with Crippen LogP contribution < -0.4 is 4.90 Å². The van der Waals surface area contributed by atoms with Gasteiger partial charge in [0.2, 0.25) is 11.8 Å². The van der Waals surface area contributed by atoms with Gasteiger partial charge in [-0.3, -0.25) is 14.4 Å². The zero-order chi connectivity index (χ0) is 26.7. The number of nitriles is 1. The number of aryl methyl sites for hydroxylation is 1. The van der Waals surface area contributed by atoms with Gasteiger partial charge in [-0.25, -0.2) is 14.7 Å². The maximum Gasteiger partial charge on any atom is 0.338 e. The molecule has 1 unspecified atom stereocenters. The maximum absolute atomic E-state index is 13.0. The summed E-state index contributed by atoms with van der Waals surface area (Å²) in [6, 6.07) is 15.4. The van der Waals surface area contributed by atoms with Crippen LogP contribution in [0.3, 0.4) is 0 Å². The van der Waals surface area contributed by atoms with Gasteiger partial charge in [-0.1, -0.05) is 35.0 Å². The molecule has 3 aromatic rings. The normalized spacial score (nSPS) is 15.0. The lowest BCUT2D eigenvalue weighted by Crippen LogP contribution is -2.31. The number of thioether (sulfide) groups is 1. The molecular weight excluding hydrogens is 537 g/mol. The number of amides is 2. The number of benzene rings is 2. The second-order valence-corrected chi connectivity index (χ2v) is 9.98. The highest BCUT2D eigenvalue weighted by molar-refractivity contribution is 8.00. The molecule has 1 fully saturated rings. The van der Waals surface area contributed by atoms with Gasteiger partial charge in [0.05, 0.1) is 32.1 Å². The minimum atomic E-state index is -0.748. The van der Waals surface area contributed by atoms with Crippen molar-refractivity contribution in [2.45, 2.75) is 23.6 Å². The summed E-state index contributed by atoms with van der Waals surface area (Å²) in [5, 5.41) is 9.49. The number of anilines is 1. The number of ether oxygens (including phenoxy) is 1. The van der Waals surface area contributed by atoms with Crippen molar-refractivity contribution in [2.24, 2.45) is 0 Å². The molecule has 1 atom stereocenters. The second-order valence-electron chi connectivity index (χ2n) is 7.97. The molecule has 37 heavy (non-hydrogen) atoms. The number of esters is 1. The number of ketones is 1. The fraction of sp³-hybridized carbons (Fsp3) is 0.154. The third kappa shape index (κ3) is 5.83. The fourth-order valence-electron chi connectivity index (χ4n) is 3.52. The summed E-state index contributed by atoms with van der Waals surface area (Å²) in [5.41, 5.74) is 1.70. The molecule has 1 aromatic heterocycles. The Morgan fingerprint density at radius 2 is 1.78 bits per heavy atom. The summed E-state index contributed by atoms with van der Waals surface area (Å²) in [7, 11) is 0. The zero-order valence-corrected chi connectivity index (χ0v) is 21.6. The Morgan fingerprint density at radius 1 is 1.08 bits per heavy atom. The SMILES string of the molecule is Cc1ccc(C#N)c(SC2CC(=O)N(c3ccc(C(=O)OCC(=O)c4ccc(Cl)c(Cl)c4)cc3)C2=O)n1. The molecule has 2 amide bonds. The van der Waals surface area contributed by atoms with Crippen LogP contribution in [0.25, 0.3) is 0 Å². The number of imide groups is 1. The van der Waals surface area contributed by atoms with E-state index in [1.54, 1.807) is 19.1 Å². The Kier molecular flexibility index (Phi) is 7.93. The summed E-state index contributed by atoms with van der Waals surface area (Å²) < 4.78 is 5.09. The van der Waals surface area contributed by atoms with Crippen LogP contribution in [0.2, 0.25) is 10.0 Å². The molecule has 4 rings (SSSR count). The van der Waals surface area contributed by atoms with E-state index in [-0.39, 0.29) is 22.6 Å². The Balaban J connectivity index is 1.40. The number of rotatable bonds is 7. The molecule has 186 valence electrons. The lowest BCUT2D eigenvalue weighted by molar-refractivity contribution is -0.121. The molecule has 0 spiro atoms. The number of Topliss-reactive ketones (excluding diaryl/α,β-unsaturated/α-hetero) is 1. The van der Waals surface area contributed by atoms with E-state index < -0.39 is 35.4 Å². The van der Waals surface area contributed by atoms with E-state index in [0.29, 0.717) is 27.0 Å². The average molecular weight is 554 g/mol. The highest BCUT2D eigenvalue weighted by Crippen LogP contribution is 2.34. The summed E-state index contributed by atoms with van der Waals surface area (Å²) in [4.78, 5) is 55.7. The predicted molar refractivity (Wildman–Crippen MR) is 138 cm³/mol. The van der Waals surface area contributed by atoms with E-state index in [1.807, 2.05) is 6.07 Å². The van der Waals surface area contributed by atoms with E-state index >= 15 is 0 Å². The molecule has 0 bridgehead atoms. The highest BCUT2D eigenvalue weighted by Gasteiger charge is 2.40. The third-order valence-corrected chi connectivity index (χ3v) is 7.34. The number of hydrogen-bond acceptors (Lipinski definition) is 8. The van der Waals surface area contributed by atoms with Crippen molar-refractivity contribution in [3.63, 3.8) is 0 Å². The van der Waals surface area contributed by atoms with Crippen molar-refractivity contribution in [3.05, 3.63) is 87.0 Å². The Morgan fingerprint density at radius 3 is 2.46 bits per heavy atom. The van der Waals surface area contributed by atoms with Crippen LogP contribution in [0.5, 0.6) is 0 Å². The molecule has 0 N–H and O–H groups in total. The van der Waals surface area contributed by atoms with Gasteiger partial charge in [0.15, 0.2) is 12.4 Å². The van der Waals surface area contributed by atoms with Crippen LogP contribution in [0.1, 0.15) is 38.4 Å². The average Bonchev–Trinajstić information content (AvgIpc) is 3.16. The van der Waals surface area contributed by atoms with Gasteiger partial charge < -0.3 is 4.74 Å². The summed E-state index contributed by atoms with van der Waals surface area (Å²) >= 11 is 12.8. The topological polar surface area (TPSA) is 117 Å². The monoisotopic (exact) mass is 553 g/mol. The first-order chi connectivity index (χ1) is 17.7. The maximum atomic E-state index is 13.0. The smallest absolute Gasteiger partial charge is 0.338 e. The van der Waals surface area contributed by atoms with Crippen LogP contribution in [-0.4, -0.2) is 40.4 Å². The van der Waals surface area contributed by atoms with E-state index in [1.165, 1.54) is 42.5 Å². The van der Waals surface area contributed by atoms with E-state index in [9.17, 15) is 24.4 Å². The number of aromatic nitrogens is 1. The van der Waals surface area contributed by atoms with Crippen molar-refractivity contribution in [1.29, 1.82) is 5.26 Å². The quantitative estimate of drug-likeness (QED) is 0.227. The van der Waals surface area contributed by atoms with Crippen LogP contribution in [0.4, 0.5) is 5.69 Å². The lowest BCUT2D eigenvalue weighted by Gasteiger charge is -2.15. The lowest BCUT2D eigenvalue weighted by atomic mass is 10.1. The largest absolute Gasteiger partial charge is 0.454 e. The number of hydrogen-bond donors (Lipinski definition) is 0. The number of carbonyl (C=O) groups is 4. The van der Waals surface area contributed by atoms with Crippen LogP contribution >= 0.6 is 35.0 Å². The van der Waals surface area contributed by atoms with E-state index in [4.69, 9.17) is 27.9 Å². The molecule has 2 heterocycles. The third-order valence-electron chi connectivity index (χ3n) is 5.42. The molecule has 1 saturated heterocycles. The highest BCUT2D eigenvalue weighted by atomic mass is 35.5. The van der Waals surface area contributed by atoms with Crippen molar-refractivity contribution in [1.82, 2.24) is 4.98 Å². The molecular formula is C26H17Cl2N3O5S. The number of pyridine rings is 1. The van der Waals surface area contributed by atoms with Crippen LogP contribution in [0.15, 0.2) is 59.6 Å². The number of carbonyl (C=O) groups excluding carboxylic acids is 4. The predicted octanol–water partition coefficient (Wildman–Crippen LogP) is 5.03. The van der Waals surface area contributed by atoms with Gasteiger partial charge >= 0.3 is 5.97 Å². The summed E-state index contributed by atoms with van der Waals surface area (Å²) in [5.74, 6) is -2.05. The van der Waals surface area contributed by atoms with E-state index in [0.717, 1.165) is 16.7 Å². The summed E-state index contributed by atoms with van der Waals surface area (Å²) in [6.45, 7) is 1.27. The van der Waals surface area contributed by atoms with Crippen molar-refractivity contribution in [3.8, 4) is 6.07 Å². The first-order valence-corrected chi connectivity index (χ1v) is 12.5. The molecule has 0 saturated carbocycles. The van der Waals surface area contributed by atoms with E-state index in [2.05, 4.69) is 4.98 Å². The van der Waals surface area contributed by atoms with Gasteiger partial charge in [-0.05, 0) is 61.5 Å². The van der Waals surface area contributed by atoms with Crippen LogP contribution in [-0.2, 0) is 14.3 Å². The zero-order valence-electron chi connectivity index (χ0n) is 19.2. The van der Waals surface area contributed by atoms with Crippen molar-refractivity contribution < 1.29 is 23.9 Å². The van der Waals surface area contributed by atoms with Crippen LogP contribution in [0, 0.1) is 18.3 Å². The summed E-state index contributed by atoms with van der Waals surface area (Å²) in [6.07, 6.45) is -0.0510. The molecule has 0 radical (unpaired) electrons. The fourth-order valence-corrected chi connectivity index (χ4v) is 4.96. The minimum absolute atomic E-state index is 0.0510. The van der Waals surface area contributed by atoms with Gasteiger partial charge in [0.1, 0.15) is 11.1 Å². The standard InChI is InChI=1S/C26H17Cl2N3O5S/c1-14-2-3-17(12-29)24(30-14)37-22-11-23(33)31(25(22)34)18-7-4-15(5-8-18)26(35)36-13-21(32)16-6-9-19(27)20(28)10-16/h2-10,22H,11,13H2,1H3. The van der Waals surface area contributed by atoms with Gasteiger partial charge in [-0.2, -0.15) is 5.26 Å². The Labute approximate surface area is 226 Å². The number of halogens is 2. The molecule has 2 aromatic carbocycles. The first-order valence-electron chi connectivity index (χ1n) is 10.8. The Bertz CT molecular complexity index is 1470. The van der Waals surface area contributed by atoms with Crippen molar-refractivity contribution in [2.75, 3.05) is 11.5 Å². The minimum Gasteiger partial charge on any atom is -0.454 e. The van der Waals surface area contributed by atoms with Crippen molar-refractivity contribution >= 4 is 64.2 Å². The Hall–Kier alpha value is -3.71. The van der Waals surface area contributed by atoms with Gasteiger partial charge in [0, 0.05) is 17.7 Å². The first kappa shape index (κ1) is 26.4. The second kappa shape index (κ2) is 11.1. The molecule has 1 aliphatic heterocycles. The number of nitrogens with zero attached hydrogens (tertiary/aromatic N) is 3. The molecule has 1 aliphatic rings. The van der Waals surface area contributed by atoms with Gasteiger partial charge in [-0.15, -0.1) is 0 Å². The molecule has 0 aliphatic carbocycles. The van der Waals surface area contributed by atoms with Gasteiger partial charge in [0.25, 0.3) is 0 Å². The molecule has 8 nitrogen and oxygen atoms in total. The molecule has 11 heteroatoms.